The van der Waals surface area contributed by atoms with E-state index in [1.165, 1.54) is 6.42 Å². The molecule has 1 amide bonds. The van der Waals surface area contributed by atoms with Gasteiger partial charge in [0, 0.05) is 20.2 Å². The van der Waals surface area contributed by atoms with Crippen molar-refractivity contribution in [1.82, 2.24) is 4.90 Å². The normalized spacial score (nSPS) is 21.3. The van der Waals surface area contributed by atoms with Crippen LogP contribution in [0.15, 0.2) is 0 Å². The number of carbonyl (C=O) groups excluding carboxylic acids is 1. The third-order valence-electron chi connectivity index (χ3n) is 2.95. The summed E-state index contributed by atoms with van der Waals surface area (Å²) in [5, 5.41) is 0. The molecule has 1 saturated heterocycles. The Balaban J connectivity index is 2.20. The zero-order chi connectivity index (χ0) is 11.1. The van der Waals surface area contributed by atoms with Crippen molar-refractivity contribution < 1.29 is 9.53 Å². The van der Waals surface area contributed by atoms with Crippen LogP contribution in [0.25, 0.3) is 0 Å². The molecule has 88 valence electrons. The van der Waals surface area contributed by atoms with Crippen LogP contribution in [0, 0.1) is 0 Å². The lowest BCUT2D eigenvalue weighted by atomic mass is 10.1. The lowest BCUT2D eigenvalue weighted by molar-refractivity contribution is -0.133. The Hall–Kier alpha value is -0.570. The number of unbranched alkanes of at least 4 members (excludes halogenated alkanes) is 1. The standard InChI is InChI=1S/C12H23NO2/c1-3-4-8-13(2)12(14)10-11-7-5-6-9-15-11/h11H,3-10H2,1-2H3. The molecule has 0 aromatic carbocycles. The van der Waals surface area contributed by atoms with E-state index in [0.717, 1.165) is 38.8 Å². The first-order valence-corrected chi connectivity index (χ1v) is 6.09. The fraction of sp³-hybridized carbons (Fsp3) is 0.917. The average molecular weight is 213 g/mol. The second-order valence-electron chi connectivity index (χ2n) is 4.36. The first-order valence-electron chi connectivity index (χ1n) is 6.09. The van der Waals surface area contributed by atoms with Crippen LogP contribution >= 0.6 is 0 Å². The number of hydrogen-bond acceptors (Lipinski definition) is 2. The lowest BCUT2D eigenvalue weighted by Gasteiger charge is -2.24. The lowest BCUT2D eigenvalue weighted by Crippen LogP contribution is -2.32. The van der Waals surface area contributed by atoms with E-state index in [9.17, 15) is 4.79 Å². The monoisotopic (exact) mass is 213 g/mol. The van der Waals surface area contributed by atoms with Crippen LogP contribution in [0.2, 0.25) is 0 Å². The van der Waals surface area contributed by atoms with Gasteiger partial charge in [0.25, 0.3) is 0 Å². The maximum absolute atomic E-state index is 11.8. The quantitative estimate of drug-likeness (QED) is 0.700. The van der Waals surface area contributed by atoms with Crippen molar-refractivity contribution >= 4 is 5.91 Å². The Bertz CT molecular complexity index is 188. The Labute approximate surface area is 92.8 Å². The summed E-state index contributed by atoms with van der Waals surface area (Å²) in [4.78, 5) is 13.6. The van der Waals surface area contributed by atoms with Crippen molar-refractivity contribution in [2.45, 2.75) is 51.6 Å². The van der Waals surface area contributed by atoms with Crippen LogP contribution < -0.4 is 0 Å². The van der Waals surface area contributed by atoms with E-state index >= 15 is 0 Å². The van der Waals surface area contributed by atoms with Gasteiger partial charge in [-0.25, -0.2) is 0 Å². The summed E-state index contributed by atoms with van der Waals surface area (Å²) in [5.41, 5.74) is 0. The van der Waals surface area contributed by atoms with Crippen molar-refractivity contribution in [3.63, 3.8) is 0 Å². The van der Waals surface area contributed by atoms with Crippen LogP contribution in [0.4, 0.5) is 0 Å². The number of rotatable bonds is 5. The van der Waals surface area contributed by atoms with E-state index in [4.69, 9.17) is 4.74 Å². The molecule has 3 nitrogen and oxygen atoms in total. The van der Waals surface area contributed by atoms with Crippen molar-refractivity contribution in [2.75, 3.05) is 20.2 Å². The van der Waals surface area contributed by atoms with Crippen molar-refractivity contribution in [2.24, 2.45) is 0 Å². The Kier molecular flexibility index (Phi) is 5.69. The summed E-state index contributed by atoms with van der Waals surface area (Å²) in [6.07, 6.45) is 6.38. The molecule has 0 aromatic rings. The van der Waals surface area contributed by atoms with Gasteiger partial charge in [-0.15, -0.1) is 0 Å². The molecule has 0 saturated carbocycles. The van der Waals surface area contributed by atoms with Crippen molar-refractivity contribution in [3.8, 4) is 0 Å². The smallest absolute Gasteiger partial charge is 0.224 e. The highest BCUT2D eigenvalue weighted by molar-refractivity contribution is 5.76. The fourth-order valence-corrected chi connectivity index (χ4v) is 1.84. The maximum Gasteiger partial charge on any atom is 0.224 e. The molecule has 0 aliphatic carbocycles. The summed E-state index contributed by atoms with van der Waals surface area (Å²) >= 11 is 0. The van der Waals surface area contributed by atoms with E-state index in [1.54, 1.807) is 0 Å². The summed E-state index contributed by atoms with van der Waals surface area (Å²) in [6, 6.07) is 0. The van der Waals surface area contributed by atoms with Gasteiger partial charge in [-0.05, 0) is 25.7 Å². The predicted molar refractivity (Wildman–Crippen MR) is 60.8 cm³/mol. The largest absolute Gasteiger partial charge is 0.378 e. The molecule has 1 unspecified atom stereocenters. The SMILES string of the molecule is CCCCN(C)C(=O)CC1CCCCO1. The van der Waals surface area contributed by atoms with Crippen LogP contribution in [0.5, 0.6) is 0 Å². The van der Waals surface area contributed by atoms with E-state index in [-0.39, 0.29) is 12.0 Å². The van der Waals surface area contributed by atoms with Crippen molar-refractivity contribution in [3.05, 3.63) is 0 Å². The Morgan fingerprint density at radius 1 is 1.47 bits per heavy atom. The van der Waals surface area contributed by atoms with Gasteiger partial charge >= 0.3 is 0 Å². The molecule has 0 radical (unpaired) electrons. The zero-order valence-electron chi connectivity index (χ0n) is 10.00. The van der Waals surface area contributed by atoms with Crippen LogP contribution in [-0.4, -0.2) is 37.1 Å². The molecule has 0 aromatic heterocycles. The fourth-order valence-electron chi connectivity index (χ4n) is 1.84. The minimum Gasteiger partial charge on any atom is -0.378 e. The molecule has 15 heavy (non-hydrogen) atoms. The number of nitrogens with zero attached hydrogens (tertiary/aromatic N) is 1. The van der Waals surface area contributed by atoms with E-state index < -0.39 is 0 Å². The van der Waals surface area contributed by atoms with Gasteiger partial charge in [0.2, 0.25) is 5.91 Å². The number of carbonyl (C=O) groups is 1. The highest BCUT2D eigenvalue weighted by Crippen LogP contribution is 2.16. The van der Waals surface area contributed by atoms with Crippen LogP contribution in [0.3, 0.4) is 0 Å². The number of amides is 1. The zero-order valence-corrected chi connectivity index (χ0v) is 10.00. The molecule has 0 N–H and O–H groups in total. The molecular weight excluding hydrogens is 190 g/mol. The second-order valence-corrected chi connectivity index (χ2v) is 4.36. The molecule has 0 bridgehead atoms. The van der Waals surface area contributed by atoms with E-state index in [0.29, 0.717) is 6.42 Å². The summed E-state index contributed by atoms with van der Waals surface area (Å²) in [5.74, 6) is 0.232. The van der Waals surface area contributed by atoms with Gasteiger partial charge in [0.05, 0.1) is 12.5 Å². The molecule has 1 atom stereocenters. The van der Waals surface area contributed by atoms with Crippen LogP contribution in [0.1, 0.15) is 45.4 Å². The number of ether oxygens (including phenoxy) is 1. The number of hydrogen-bond donors (Lipinski definition) is 0. The minimum absolute atomic E-state index is 0.176. The summed E-state index contributed by atoms with van der Waals surface area (Å²) in [6.45, 7) is 3.85. The van der Waals surface area contributed by atoms with Gasteiger partial charge in [-0.2, -0.15) is 0 Å². The van der Waals surface area contributed by atoms with Gasteiger partial charge < -0.3 is 9.64 Å². The minimum atomic E-state index is 0.176. The summed E-state index contributed by atoms with van der Waals surface area (Å²) < 4.78 is 5.56. The van der Waals surface area contributed by atoms with Crippen molar-refractivity contribution in [1.29, 1.82) is 0 Å². The van der Waals surface area contributed by atoms with Gasteiger partial charge in [0.15, 0.2) is 0 Å². The van der Waals surface area contributed by atoms with Gasteiger partial charge in [-0.3, -0.25) is 4.79 Å². The average Bonchev–Trinajstić information content (AvgIpc) is 2.27. The maximum atomic E-state index is 11.8. The third kappa shape index (κ3) is 4.65. The second kappa shape index (κ2) is 6.83. The molecule has 1 fully saturated rings. The molecule has 0 spiro atoms. The topological polar surface area (TPSA) is 29.5 Å². The van der Waals surface area contributed by atoms with Crippen LogP contribution in [-0.2, 0) is 9.53 Å². The van der Waals surface area contributed by atoms with Gasteiger partial charge in [0.1, 0.15) is 0 Å². The third-order valence-corrected chi connectivity index (χ3v) is 2.95. The predicted octanol–water partition coefficient (Wildman–Crippen LogP) is 2.20. The Morgan fingerprint density at radius 3 is 2.87 bits per heavy atom. The molecule has 3 heteroatoms. The van der Waals surface area contributed by atoms with Gasteiger partial charge in [-0.1, -0.05) is 13.3 Å². The Morgan fingerprint density at radius 2 is 2.27 bits per heavy atom. The summed E-state index contributed by atoms with van der Waals surface area (Å²) in [7, 11) is 1.89. The molecule has 1 aliphatic heterocycles. The van der Waals surface area contributed by atoms with E-state index in [1.807, 2.05) is 11.9 Å². The van der Waals surface area contributed by atoms with E-state index in [2.05, 4.69) is 6.92 Å². The molecular formula is C12H23NO2. The molecule has 1 heterocycles. The highest BCUT2D eigenvalue weighted by atomic mass is 16.5. The first kappa shape index (κ1) is 12.5. The molecule has 1 rings (SSSR count). The molecule has 1 aliphatic rings. The highest BCUT2D eigenvalue weighted by Gasteiger charge is 2.19. The first-order chi connectivity index (χ1) is 7.24.